The number of nitrogens with two attached hydrogens (primary N) is 1. The molecular weight excluding hydrogens is 257 g/mol. The summed E-state index contributed by atoms with van der Waals surface area (Å²) in [6, 6.07) is 4.77. The fraction of sp³-hybridized carbons (Fsp3) is 0.467. The van der Waals surface area contributed by atoms with E-state index in [-0.39, 0.29) is 11.7 Å². The van der Waals surface area contributed by atoms with Gasteiger partial charge in [0.05, 0.1) is 5.92 Å². The van der Waals surface area contributed by atoms with Gasteiger partial charge >= 0.3 is 0 Å². The highest BCUT2D eigenvalue weighted by Crippen LogP contribution is 2.25. The van der Waals surface area contributed by atoms with Crippen LogP contribution in [-0.2, 0) is 0 Å². The Morgan fingerprint density at radius 2 is 2.10 bits per heavy atom. The van der Waals surface area contributed by atoms with E-state index in [2.05, 4.69) is 24.0 Å². The third-order valence-corrected chi connectivity index (χ3v) is 3.25. The van der Waals surface area contributed by atoms with Crippen LogP contribution in [0.5, 0.6) is 0 Å². The maximum absolute atomic E-state index is 13.3. The van der Waals surface area contributed by atoms with Gasteiger partial charge in [0.15, 0.2) is 0 Å². The fourth-order valence-corrected chi connectivity index (χ4v) is 2.17. The second-order valence-electron chi connectivity index (χ2n) is 5.48. The zero-order valence-corrected chi connectivity index (χ0v) is 12.1. The molecule has 2 rings (SSSR count). The summed E-state index contributed by atoms with van der Waals surface area (Å²) in [6.45, 7) is 6.44. The third kappa shape index (κ3) is 3.22. The lowest BCUT2D eigenvalue weighted by atomic mass is 9.97. The summed E-state index contributed by atoms with van der Waals surface area (Å²) in [5.41, 5.74) is 7.08. The van der Waals surface area contributed by atoms with Crippen molar-refractivity contribution in [2.24, 2.45) is 11.7 Å². The van der Waals surface area contributed by atoms with Crippen LogP contribution in [0, 0.1) is 18.7 Å². The maximum Gasteiger partial charge on any atom is 0.231 e. The summed E-state index contributed by atoms with van der Waals surface area (Å²) in [4.78, 5) is 4.40. The van der Waals surface area contributed by atoms with Crippen LogP contribution in [0.15, 0.2) is 22.7 Å². The van der Waals surface area contributed by atoms with Gasteiger partial charge in [-0.3, -0.25) is 0 Å². The van der Waals surface area contributed by atoms with Gasteiger partial charge in [0.1, 0.15) is 5.82 Å². The van der Waals surface area contributed by atoms with Gasteiger partial charge in [-0.1, -0.05) is 19.0 Å². The Hall–Kier alpha value is -1.75. The van der Waals surface area contributed by atoms with E-state index in [9.17, 15) is 4.39 Å². The molecule has 1 unspecified atom stereocenters. The molecule has 2 aromatic rings. The van der Waals surface area contributed by atoms with E-state index in [0.29, 0.717) is 29.7 Å². The average Bonchev–Trinajstić information content (AvgIpc) is 2.88. The Balaban J connectivity index is 2.25. The lowest BCUT2D eigenvalue weighted by Crippen LogP contribution is -2.15. The Kier molecular flexibility index (Phi) is 4.49. The predicted octanol–water partition coefficient (Wildman–Crippen LogP) is 3.27. The predicted molar refractivity (Wildman–Crippen MR) is 75.7 cm³/mol. The lowest BCUT2D eigenvalue weighted by Gasteiger charge is -2.11. The molecular formula is C15H20FN3O. The quantitative estimate of drug-likeness (QED) is 0.911. The van der Waals surface area contributed by atoms with Gasteiger partial charge in [-0.15, -0.1) is 0 Å². The molecule has 0 radical (unpaired) electrons. The van der Waals surface area contributed by atoms with E-state index in [1.54, 1.807) is 19.1 Å². The van der Waals surface area contributed by atoms with Gasteiger partial charge in [0, 0.05) is 12.1 Å². The van der Waals surface area contributed by atoms with Crippen LogP contribution in [0.3, 0.4) is 0 Å². The van der Waals surface area contributed by atoms with Gasteiger partial charge in [0.25, 0.3) is 0 Å². The van der Waals surface area contributed by atoms with Crippen LogP contribution in [0.1, 0.15) is 37.6 Å². The summed E-state index contributed by atoms with van der Waals surface area (Å²) in [5.74, 6) is 1.37. The molecule has 5 heteroatoms. The van der Waals surface area contributed by atoms with Crippen molar-refractivity contribution in [3.63, 3.8) is 0 Å². The molecule has 0 spiro atoms. The smallest absolute Gasteiger partial charge is 0.231 e. The van der Waals surface area contributed by atoms with E-state index >= 15 is 0 Å². The first-order valence-electron chi connectivity index (χ1n) is 6.81. The lowest BCUT2D eigenvalue weighted by molar-refractivity contribution is 0.335. The van der Waals surface area contributed by atoms with Crippen molar-refractivity contribution in [3.05, 3.63) is 35.5 Å². The minimum Gasteiger partial charge on any atom is -0.339 e. The number of nitrogens with zero attached hydrogens (tertiary/aromatic N) is 2. The van der Waals surface area contributed by atoms with Crippen LogP contribution in [-0.4, -0.2) is 16.7 Å². The average molecular weight is 277 g/mol. The SMILES string of the molecule is Cc1cc(-c2noc(C(CN)CC(C)C)n2)ccc1F. The standard InChI is InChI=1S/C15H20FN3O/c1-9(2)6-12(8-17)15-18-14(19-20-15)11-4-5-13(16)10(3)7-11/h4-5,7,9,12H,6,8,17H2,1-3H3. The summed E-state index contributed by atoms with van der Waals surface area (Å²) in [7, 11) is 0. The van der Waals surface area contributed by atoms with Crippen molar-refractivity contribution in [2.45, 2.75) is 33.1 Å². The van der Waals surface area contributed by atoms with Gasteiger partial charge in [-0.25, -0.2) is 4.39 Å². The molecule has 0 aliphatic carbocycles. The molecule has 4 nitrogen and oxygen atoms in total. The Bertz CT molecular complexity index is 580. The molecule has 1 aromatic carbocycles. The van der Waals surface area contributed by atoms with E-state index in [0.717, 1.165) is 12.0 Å². The van der Waals surface area contributed by atoms with Crippen molar-refractivity contribution in [1.29, 1.82) is 0 Å². The molecule has 2 N–H and O–H groups in total. The first-order chi connectivity index (χ1) is 9.51. The first-order valence-corrected chi connectivity index (χ1v) is 6.81. The summed E-state index contributed by atoms with van der Waals surface area (Å²) >= 11 is 0. The largest absolute Gasteiger partial charge is 0.339 e. The zero-order chi connectivity index (χ0) is 14.7. The molecule has 0 fully saturated rings. The molecule has 0 amide bonds. The topological polar surface area (TPSA) is 64.9 Å². The second-order valence-corrected chi connectivity index (χ2v) is 5.48. The monoisotopic (exact) mass is 277 g/mol. The molecule has 1 heterocycles. The molecule has 0 bridgehead atoms. The molecule has 20 heavy (non-hydrogen) atoms. The fourth-order valence-electron chi connectivity index (χ4n) is 2.17. The normalized spacial score (nSPS) is 12.9. The summed E-state index contributed by atoms with van der Waals surface area (Å²) < 4.78 is 18.6. The zero-order valence-electron chi connectivity index (χ0n) is 12.1. The molecule has 1 aromatic heterocycles. The number of halogens is 1. The van der Waals surface area contributed by atoms with E-state index in [1.165, 1.54) is 6.07 Å². The van der Waals surface area contributed by atoms with E-state index in [1.807, 2.05) is 0 Å². The van der Waals surface area contributed by atoms with Crippen LogP contribution >= 0.6 is 0 Å². The highest BCUT2D eigenvalue weighted by Gasteiger charge is 2.19. The molecule has 0 aliphatic rings. The van der Waals surface area contributed by atoms with Crippen molar-refractivity contribution in [3.8, 4) is 11.4 Å². The van der Waals surface area contributed by atoms with Crippen molar-refractivity contribution < 1.29 is 8.91 Å². The van der Waals surface area contributed by atoms with Crippen molar-refractivity contribution in [1.82, 2.24) is 10.1 Å². The van der Waals surface area contributed by atoms with Crippen LogP contribution in [0.4, 0.5) is 4.39 Å². The minimum atomic E-state index is -0.239. The highest BCUT2D eigenvalue weighted by atomic mass is 19.1. The number of benzene rings is 1. The van der Waals surface area contributed by atoms with Crippen molar-refractivity contribution >= 4 is 0 Å². The number of aromatic nitrogens is 2. The summed E-state index contributed by atoms with van der Waals surface area (Å²) in [5, 5.41) is 3.97. The van der Waals surface area contributed by atoms with E-state index in [4.69, 9.17) is 10.3 Å². The van der Waals surface area contributed by atoms with Crippen LogP contribution in [0.25, 0.3) is 11.4 Å². The van der Waals surface area contributed by atoms with Crippen LogP contribution in [0.2, 0.25) is 0 Å². The molecule has 0 saturated carbocycles. The number of rotatable bonds is 5. The third-order valence-electron chi connectivity index (χ3n) is 3.25. The Morgan fingerprint density at radius 3 is 2.70 bits per heavy atom. The van der Waals surface area contributed by atoms with Crippen LogP contribution < -0.4 is 5.73 Å². The number of hydrogen-bond acceptors (Lipinski definition) is 4. The molecule has 0 aliphatic heterocycles. The van der Waals surface area contributed by atoms with Gasteiger partial charge in [0.2, 0.25) is 11.7 Å². The summed E-state index contributed by atoms with van der Waals surface area (Å²) in [6.07, 6.45) is 0.903. The number of hydrogen-bond donors (Lipinski definition) is 1. The molecule has 1 atom stereocenters. The first kappa shape index (κ1) is 14.7. The van der Waals surface area contributed by atoms with Crippen molar-refractivity contribution in [2.75, 3.05) is 6.54 Å². The van der Waals surface area contributed by atoms with Gasteiger partial charge < -0.3 is 10.3 Å². The van der Waals surface area contributed by atoms with E-state index < -0.39 is 0 Å². The Labute approximate surface area is 118 Å². The second kappa shape index (κ2) is 6.13. The maximum atomic E-state index is 13.3. The highest BCUT2D eigenvalue weighted by molar-refractivity contribution is 5.55. The van der Waals surface area contributed by atoms with Gasteiger partial charge in [-0.2, -0.15) is 4.98 Å². The number of aryl methyl sites for hydroxylation is 1. The van der Waals surface area contributed by atoms with Gasteiger partial charge in [-0.05, 0) is 43.0 Å². The minimum absolute atomic E-state index is 0.0674. The molecule has 0 saturated heterocycles. The Morgan fingerprint density at radius 1 is 1.35 bits per heavy atom. The molecule has 108 valence electrons.